The van der Waals surface area contributed by atoms with Crippen LogP contribution in [0.1, 0.15) is 28.5 Å². The fourth-order valence-corrected chi connectivity index (χ4v) is 2.74. The number of nitrogens with zero attached hydrogens (tertiary/aromatic N) is 2. The summed E-state index contributed by atoms with van der Waals surface area (Å²) in [5.74, 6) is -0.233. The van der Waals surface area contributed by atoms with Gasteiger partial charge in [0.2, 0.25) is 0 Å². The van der Waals surface area contributed by atoms with Crippen molar-refractivity contribution in [1.29, 1.82) is 0 Å². The van der Waals surface area contributed by atoms with Crippen molar-refractivity contribution in [3.63, 3.8) is 0 Å². The Morgan fingerprint density at radius 1 is 1.07 bits per heavy atom. The van der Waals surface area contributed by atoms with Crippen molar-refractivity contribution >= 4 is 11.9 Å². The minimum atomic E-state index is -0.564. The summed E-state index contributed by atoms with van der Waals surface area (Å²) >= 11 is 0. The zero-order valence-corrected chi connectivity index (χ0v) is 15.5. The molecule has 28 heavy (non-hydrogen) atoms. The highest BCUT2D eigenvalue weighted by atomic mass is 16.5. The standard InChI is InChI=1S/C21H21N3O4/c1-2-27-20(25)12-15-8-10-17(11-9-15)28-14-19-18(21(22)26)13-23-24(19)16-6-4-3-5-7-16/h3-11,13H,2,12,14H2,1H3,(H2,22,26). The Kier molecular flexibility index (Phi) is 6.06. The number of rotatable bonds is 8. The Bertz CT molecular complexity index is 950. The maximum atomic E-state index is 11.7. The molecule has 0 spiro atoms. The number of hydrogen-bond acceptors (Lipinski definition) is 5. The van der Waals surface area contributed by atoms with Crippen LogP contribution in [0.2, 0.25) is 0 Å². The SMILES string of the molecule is CCOC(=O)Cc1ccc(OCc2c(C(N)=O)cnn2-c2ccccc2)cc1. The number of ether oxygens (including phenoxy) is 2. The van der Waals surface area contributed by atoms with Crippen LogP contribution in [0.4, 0.5) is 0 Å². The van der Waals surface area contributed by atoms with E-state index in [4.69, 9.17) is 15.2 Å². The summed E-state index contributed by atoms with van der Waals surface area (Å²) in [7, 11) is 0. The molecule has 0 aliphatic carbocycles. The molecule has 2 aromatic carbocycles. The number of primary amides is 1. The molecule has 0 bridgehead atoms. The number of amides is 1. The molecule has 0 aliphatic heterocycles. The largest absolute Gasteiger partial charge is 0.487 e. The molecule has 3 rings (SSSR count). The third-order valence-electron chi connectivity index (χ3n) is 4.09. The van der Waals surface area contributed by atoms with Gasteiger partial charge in [-0.3, -0.25) is 9.59 Å². The van der Waals surface area contributed by atoms with E-state index < -0.39 is 5.91 Å². The van der Waals surface area contributed by atoms with Crippen LogP contribution in [0.3, 0.4) is 0 Å². The summed E-state index contributed by atoms with van der Waals surface area (Å²) in [4.78, 5) is 23.3. The first kappa shape index (κ1) is 19.2. The number of carbonyl (C=O) groups is 2. The molecule has 1 heterocycles. The van der Waals surface area contributed by atoms with Gasteiger partial charge in [-0.15, -0.1) is 0 Å². The maximum absolute atomic E-state index is 11.7. The average molecular weight is 379 g/mol. The number of benzene rings is 2. The first-order valence-corrected chi connectivity index (χ1v) is 8.88. The van der Waals surface area contributed by atoms with E-state index in [0.29, 0.717) is 23.6 Å². The number of nitrogens with two attached hydrogens (primary N) is 1. The minimum absolute atomic E-state index is 0.115. The second kappa shape index (κ2) is 8.85. The normalized spacial score (nSPS) is 10.5. The van der Waals surface area contributed by atoms with Crippen molar-refractivity contribution in [3.05, 3.63) is 77.6 Å². The van der Waals surface area contributed by atoms with Gasteiger partial charge in [-0.1, -0.05) is 30.3 Å². The topological polar surface area (TPSA) is 96.4 Å². The second-order valence-electron chi connectivity index (χ2n) is 6.03. The number of hydrogen-bond donors (Lipinski definition) is 1. The molecule has 0 fully saturated rings. The Morgan fingerprint density at radius 2 is 1.79 bits per heavy atom. The van der Waals surface area contributed by atoms with E-state index in [1.165, 1.54) is 6.20 Å². The third kappa shape index (κ3) is 4.56. The van der Waals surface area contributed by atoms with E-state index in [1.807, 2.05) is 30.3 Å². The maximum Gasteiger partial charge on any atom is 0.310 e. The van der Waals surface area contributed by atoms with E-state index >= 15 is 0 Å². The van der Waals surface area contributed by atoms with Gasteiger partial charge < -0.3 is 15.2 Å². The number of para-hydroxylation sites is 1. The molecule has 3 aromatic rings. The fraction of sp³-hybridized carbons (Fsp3) is 0.190. The lowest BCUT2D eigenvalue weighted by Crippen LogP contribution is -2.15. The summed E-state index contributed by atoms with van der Waals surface area (Å²) in [6, 6.07) is 16.6. The van der Waals surface area contributed by atoms with Crippen LogP contribution >= 0.6 is 0 Å². The molecule has 7 heteroatoms. The van der Waals surface area contributed by atoms with Crippen LogP contribution in [-0.2, 0) is 22.6 Å². The van der Waals surface area contributed by atoms with E-state index in [-0.39, 0.29) is 19.0 Å². The third-order valence-corrected chi connectivity index (χ3v) is 4.09. The lowest BCUT2D eigenvalue weighted by molar-refractivity contribution is -0.142. The number of carbonyl (C=O) groups excluding carboxylic acids is 2. The Hall–Kier alpha value is -3.61. The Morgan fingerprint density at radius 3 is 2.43 bits per heavy atom. The molecule has 0 aliphatic rings. The molecule has 0 unspecified atom stereocenters. The highest BCUT2D eigenvalue weighted by Crippen LogP contribution is 2.19. The van der Waals surface area contributed by atoms with Crippen LogP contribution in [0.15, 0.2) is 60.8 Å². The van der Waals surface area contributed by atoms with Gasteiger partial charge in [-0.25, -0.2) is 4.68 Å². The van der Waals surface area contributed by atoms with Gasteiger partial charge in [0.15, 0.2) is 0 Å². The van der Waals surface area contributed by atoms with Crippen molar-refractivity contribution in [2.45, 2.75) is 20.0 Å². The summed E-state index contributed by atoms with van der Waals surface area (Å²) < 4.78 is 12.4. The van der Waals surface area contributed by atoms with Gasteiger partial charge in [-0.05, 0) is 36.8 Å². The van der Waals surface area contributed by atoms with Gasteiger partial charge in [0.05, 0.1) is 36.2 Å². The van der Waals surface area contributed by atoms with Gasteiger partial charge in [-0.2, -0.15) is 5.10 Å². The number of esters is 1. The Balaban J connectivity index is 1.74. The molecule has 144 valence electrons. The highest BCUT2D eigenvalue weighted by molar-refractivity contribution is 5.93. The molecule has 0 atom stereocenters. The molecule has 2 N–H and O–H groups in total. The van der Waals surface area contributed by atoms with Gasteiger partial charge in [0, 0.05) is 0 Å². The smallest absolute Gasteiger partial charge is 0.310 e. The summed E-state index contributed by atoms with van der Waals surface area (Å²) in [5.41, 5.74) is 7.98. The molecular weight excluding hydrogens is 358 g/mol. The zero-order chi connectivity index (χ0) is 19.9. The van der Waals surface area contributed by atoms with Gasteiger partial charge in [0.1, 0.15) is 12.4 Å². The predicted octanol–water partition coefficient (Wildman–Crippen LogP) is 2.66. The predicted molar refractivity (Wildman–Crippen MR) is 103 cm³/mol. The summed E-state index contributed by atoms with van der Waals surface area (Å²) in [6.45, 7) is 2.25. The molecule has 0 saturated heterocycles. The van der Waals surface area contributed by atoms with Gasteiger partial charge in [0.25, 0.3) is 5.91 Å². The van der Waals surface area contributed by atoms with Crippen LogP contribution in [0, 0.1) is 0 Å². The molecular formula is C21H21N3O4. The van der Waals surface area contributed by atoms with Crippen molar-refractivity contribution < 1.29 is 19.1 Å². The van der Waals surface area contributed by atoms with Gasteiger partial charge >= 0.3 is 5.97 Å². The number of aromatic nitrogens is 2. The molecule has 1 aromatic heterocycles. The van der Waals surface area contributed by atoms with E-state index in [9.17, 15) is 9.59 Å². The van der Waals surface area contributed by atoms with E-state index in [1.54, 1.807) is 35.9 Å². The van der Waals surface area contributed by atoms with Crippen molar-refractivity contribution in [2.24, 2.45) is 5.73 Å². The van der Waals surface area contributed by atoms with Crippen molar-refractivity contribution in [3.8, 4) is 11.4 Å². The summed E-state index contributed by atoms with van der Waals surface area (Å²) in [6.07, 6.45) is 1.65. The van der Waals surface area contributed by atoms with Crippen LogP contribution < -0.4 is 10.5 Å². The second-order valence-corrected chi connectivity index (χ2v) is 6.03. The van der Waals surface area contributed by atoms with Crippen molar-refractivity contribution in [2.75, 3.05) is 6.61 Å². The molecule has 0 radical (unpaired) electrons. The van der Waals surface area contributed by atoms with E-state index in [2.05, 4.69) is 5.10 Å². The monoisotopic (exact) mass is 379 g/mol. The summed E-state index contributed by atoms with van der Waals surface area (Å²) in [5, 5.41) is 4.27. The fourth-order valence-electron chi connectivity index (χ4n) is 2.74. The molecule has 7 nitrogen and oxygen atoms in total. The van der Waals surface area contributed by atoms with Crippen LogP contribution in [0.5, 0.6) is 5.75 Å². The van der Waals surface area contributed by atoms with E-state index in [0.717, 1.165) is 11.3 Å². The minimum Gasteiger partial charge on any atom is -0.487 e. The highest BCUT2D eigenvalue weighted by Gasteiger charge is 2.17. The van der Waals surface area contributed by atoms with Crippen LogP contribution in [0.25, 0.3) is 5.69 Å². The van der Waals surface area contributed by atoms with Crippen LogP contribution in [-0.4, -0.2) is 28.3 Å². The van der Waals surface area contributed by atoms with Crippen molar-refractivity contribution in [1.82, 2.24) is 9.78 Å². The first-order chi connectivity index (χ1) is 13.6. The molecule has 0 saturated carbocycles. The Labute approximate surface area is 162 Å². The molecule has 1 amide bonds. The zero-order valence-electron chi connectivity index (χ0n) is 15.5. The average Bonchev–Trinajstić information content (AvgIpc) is 3.12. The quantitative estimate of drug-likeness (QED) is 0.607. The first-order valence-electron chi connectivity index (χ1n) is 8.88. The lowest BCUT2D eigenvalue weighted by atomic mass is 10.1. The lowest BCUT2D eigenvalue weighted by Gasteiger charge is -2.11.